The van der Waals surface area contributed by atoms with Crippen LogP contribution in [0.25, 0.3) is 0 Å². The number of benzene rings is 1. The summed E-state index contributed by atoms with van der Waals surface area (Å²) in [6, 6.07) is 3.08. The third-order valence-corrected chi connectivity index (χ3v) is 4.61. The van der Waals surface area contributed by atoms with Gasteiger partial charge in [-0.05, 0) is 12.1 Å². The molecule has 0 bridgehead atoms. The first-order chi connectivity index (χ1) is 14.0. The van der Waals surface area contributed by atoms with Gasteiger partial charge in [-0.3, -0.25) is 9.59 Å². The van der Waals surface area contributed by atoms with Crippen LogP contribution in [0.2, 0.25) is 0 Å². The summed E-state index contributed by atoms with van der Waals surface area (Å²) in [5.74, 6) is 0.657. The molecule has 1 fully saturated rings. The number of nitrogens with zero attached hydrogens (tertiary/aromatic N) is 3. The Hall–Kier alpha value is -3.27. The molecule has 0 radical (unpaired) electrons. The Morgan fingerprint density at radius 3 is 2.28 bits per heavy atom. The second-order valence-electron chi connectivity index (χ2n) is 6.30. The van der Waals surface area contributed by atoms with Crippen LogP contribution < -0.4 is 30.0 Å². The van der Waals surface area contributed by atoms with E-state index in [9.17, 15) is 9.59 Å². The van der Waals surface area contributed by atoms with Gasteiger partial charge in [0.25, 0.3) is 11.5 Å². The fourth-order valence-electron chi connectivity index (χ4n) is 3.12. The van der Waals surface area contributed by atoms with Crippen LogP contribution in [-0.4, -0.2) is 63.3 Å². The minimum absolute atomic E-state index is 0.285. The number of morpholine rings is 1. The Bertz CT molecular complexity index is 927. The molecule has 1 N–H and O–H groups in total. The minimum atomic E-state index is -0.436. The normalized spacial score (nSPS) is 13.7. The molecule has 3 rings (SSSR count). The smallest absolute Gasteiger partial charge is 0.292 e. The minimum Gasteiger partial charge on any atom is -0.493 e. The molecule has 0 unspecified atom stereocenters. The number of carbonyl (C=O) groups is 1. The second-order valence-corrected chi connectivity index (χ2v) is 6.30. The Morgan fingerprint density at radius 2 is 1.72 bits per heavy atom. The van der Waals surface area contributed by atoms with Gasteiger partial charge >= 0.3 is 0 Å². The SMILES string of the molecule is COc1cc(C(=O)Nc2cnn(C)c(=O)c2N2CCOCC2)cc(OC)c1OC. The van der Waals surface area contributed by atoms with E-state index in [0.717, 1.165) is 0 Å². The van der Waals surface area contributed by atoms with Gasteiger partial charge in [0, 0.05) is 25.7 Å². The van der Waals surface area contributed by atoms with Crippen LogP contribution in [-0.2, 0) is 11.8 Å². The third kappa shape index (κ3) is 4.11. The van der Waals surface area contributed by atoms with Gasteiger partial charge in [-0.1, -0.05) is 0 Å². The quantitative estimate of drug-likeness (QED) is 0.757. The zero-order valence-corrected chi connectivity index (χ0v) is 16.9. The van der Waals surface area contributed by atoms with Gasteiger partial charge in [0.05, 0.1) is 46.4 Å². The number of anilines is 2. The summed E-state index contributed by atoms with van der Waals surface area (Å²) in [4.78, 5) is 27.5. The van der Waals surface area contributed by atoms with Gasteiger partial charge in [0.2, 0.25) is 5.75 Å². The van der Waals surface area contributed by atoms with Gasteiger partial charge < -0.3 is 29.2 Å². The maximum absolute atomic E-state index is 12.9. The molecule has 1 aromatic heterocycles. The molecular formula is C19H24N4O6. The van der Waals surface area contributed by atoms with Crippen molar-refractivity contribution in [2.45, 2.75) is 0 Å². The van der Waals surface area contributed by atoms with E-state index in [2.05, 4.69) is 10.4 Å². The number of methoxy groups -OCH3 is 3. The number of hydrogen-bond donors (Lipinski definition) is 1. The van der Waals surface area contributed by atoms with Gasteiger partial charge in [0.1, 0.15) is 5.69 Å². The van der Waals surface area contributed by atoms with Crippen molar-refractivity contribution < 1.29 is 23.7 Å². The fraction of sp³-hybridized carbons (Fsp3) is 0.421. The van der Waals surface area contributed by atoms with Gasteiger partial charge in [-0.15, -0.1) is 0 Å². The summed E-state index contributed by atoms with van der Waals surface area (Å²) in [6.45, 7) is 2.11. The number of ether oxygens (including phenoxy) is 4. The summed E-state index contributed by atoms with van der Waals surface area (Å²) in [5.41, 5.74) is 0.697. The van der Waals surface area contributed by atoms with E-state index in [-0.39, 0.29) is 11.1 Å². The maximum atomic E-state index is 12.9. The van der Waals surface area contributed by atoms with Crippen molar-refractivity contribution in [3.05, 3.63) is 34.2 Å². The van der Waals surface area contributed by atoms with Crippen LogP contribution in [0.1, 0.15) is 10.4 Å². The van der Waals surface area contributed by atoms with Crippen molar-refractivity contribution in [2.24, 2.45) is 7.05 Å². The van der Waals surface area contributed by atoms with Gasteiger partial charge in [-0.2, -0.15) is 5.10 Å². The van der Waals surface area contributed by atoms with Crippen molar-refractivity contribution in [1.82, 2.24) is 9.78 Å². The molecule has 1 saturated heterocycles. The molecule has 2 heterocycles. The van der Waals surface area contributed by atoms with Crippen LogP contribution in [0.4, 0.5) is 11.4 Å². The summed E-state index contributed by atoms with van der Waals surface area (Å²) in [7, 11) is 6.00. The number of amides is 1. The zero-order valence-electron chi connectivity index (χ0n) is 16.9. The topological polar surface area (TPSA) is 104 Å². The Morgan fingerprint density at radius 1 is 1.10 bits per heavy atom. The fourth-order valence-corrected chi connectivity index (χ4v) is 3.12. The first-order valence-electron chi connectivity index (χ1n) is 9.00. The molecule has 0 spiro atoms. The van der Waals surface area contributed by atoms with Crippen LogP contribution in [0.3, 0.4) is 0 Å². The standard InChI is InChI=1S/C19H24N4O6/c1-22-19(25)16(23-5-7-29-8-6-23)13(11-20-22)21-18(24)12-9-14(26-2)17(28-4)15(10-12)27-3/h9-11H,5-8H2,1-4H3,(H,21,24). The molecule has 156 valence electrons. The van der Waals surface area contributed by atoms with Gasteiger partial charge in [-0.25, -0.2) is 4.68 Å². The van der Waals surface area contributed by atoms with Crippen LogP contribution in [0.5, 0.6) is 17.2 Å². The Balaban J connectivity index is 1.97. The number of aryl methyl sites for hydroxylation is 1. The number of hydrogen-bond acceptors (Lipinski definition) is 8. The van der Waals surface area contributed by atoms with Crippen molar-refractivity contribution in [3.63, 3.8) is 0 Å². The molecule has 1 aliphatic heterocycles. The Kier molecular flexibility index (Phi) is 6.23. The molecule has 2 aromatic rings. The lowest BCUT2D eigenvalue weighted by Gasteiger charge is -2.29. The van der Waals surface area contributed by atoms with Crippen LogP contribution in [0.15, 0.2) is 23.1 Å². The average Bonchev–Trinajstić information content (AvgIpc) is 2.75. The molecular weight excluding hydrogens is 380 g/mol. The summed E-state index contributed by atoms with van der Waals surface area (Å²) in [5, 5.41) is 6.82. The summed E-state index contributed by atoms with van der Waals surface area (Å²) >= 11 is 0. The average molecular weight is 404 g/mol. The highest BCUT2D eigenvalue weighted by Crippen LogP contribution is 2.38. The van der Waals surface area contributed by atoms with E-state index in [1.165, 1.54) is 32.2 Å². The van der Waals surface area contributed by atoms with Crippen LogP contribution >= 0.6 is 0 Å². The first-order valence-corrected chi connectivity index (χ1v) is 9.00. The predicted octanol–water partition coefficient (Wildman–Crippen LogP) is 0.895. The van der Waals surface area contributed by atoms with Crippen molar-refractivity contribution in [2.75, 3.05) is 57.8 Å². The lowest BCUT2D eigenvalue weighted by molar-refractivity contribution is 0.102. The molecule has 29 heavy (non-hydrogen) atoms. The highest BCUT2D eigenvalue weighted by atomic mass is 16.5. The molecule has 10 nitrogen and oxygen atoms in total. The number of carbonyl (C=O) groups excluding carboxylic acids is 1. The third-order valence-electron chi connectivity index (χ3n) is 4.61. The van der Waals surface area contributed by atoms with Crippen LogP contribution in [0, 0.1) is 0 Å². The van der Waals surface area contributed by atoms with Crippen molar-refractivity contribution in [3.8, 4) is 17.2 Å². The van der Waals surface area contributed by atoms with Gasteiger partial charge in [0.15, 0.2) is 11.5 Å². The maximum Gasteiger partial charge on any atom is 0.292 e. The van der Waals surface area contributed by atoms with E-state index >= 15 is 0 Å². The lowest BCUT2D eigenvalue weighted by Crippen LogP contribution is -2.41. The highest BCUT2D eigenvalue weighted by Gasteiger charge is 2.23. The second kappa shape index (κ2) is 8.82. The summed E-state index contributed by atoms with van der Waals surface area (Å²) in [6.07, 6.45) is 1.46. The van der Waals surface area contributed by atoms with E-state index in [0.29, 0.717) is 54.9 Å². The Labute approximate surface area is 167 Å². The highest BCUT2D eigenvalue weighted by molar-refractivity contribution is 6.06. The summed E-state index contributed by atoms with van der Waals surface area (Å²) < 4.78 is 22.5. The van der Waals surface area contributed by atoms with E-state index in [1.54, 1.807) is 19.2 Å². The van der Waals surface area contributed by atoms with Crippen molar-refractivity contribution in [1.29, 1.82) is 0 Å². The molecule has 1 aromatic carbocycles. The van der Waals surface area contributed by atoms with Crippen molar-refractivity contribution >= 4 is 17.3 Å². The molecule has 0 aliphatic carbocycles. The zero-order chi connectivity index (χ0) is 21.0. The monoisotopic (exact) mass is 404 g/mol. The largest absolute Gasteiger partial charge is 0.493 e. The van der Waals surface area contributed by atoms with E-state index in [4.69, 9.17) is 18.9 Å². The molecule has 0 atom stereocenters. The first kappa shape index (κ1) is 20.5. The lowest BCUT2D eigenvalue weighted by atomic mass is 10.1. The number of nitrogens with one attached hydrogen (secondary N) is 1. The number of rotatable bonds is 6. The molecule has 0 saturated carbocycles. The van der Waals surface area contributed by atoms with E-state index < -0.39 is 5.91 Å². The number of aromatic nitrogens is 2. The van der Waals surface area contributed by atoms with E-state index in [1.807, 2.05) is 4.90 Å². The molecule has 10 heteroatoms. The molecule has 1 amide bonds. The molecule has 1 aliphatic rings. The predicted molar refractivity (Wildman–Crippen MR) is 107 cm³/mol.